The van der Waals surface area contributed by atoms with E-state index < -0.39 is 40.5 Å². The summed E-state index contributed by atoms with van der Waals surface area (Å²) in [5, 5.41) is 2.78. The predicted molar refractivity (Wildman–Crippen MR) is 108 cm³/mol. The van der Waals surface area contributed by atoms with Gasteiger partial charge in [-0.1, -0.05) is 37.3 Å². The number of likely N-dealkylation sites (N-methyl/N-ethyl adjacent to an activating group) is 1. The van der Waals surface area contributed by atoms with Crippen molar-refractivity contribution >= 4 is 5.91 Å². The number of hydrogen-bond donors (Lipinski definition) is 1. The summed E-state index contributed by atoms with van der Waals surface area (Å²) in [6, 6.07) is 9.57. The van der Waals surface area contributed by atoms with Gasteiger partial charge in [-0.2, -0.15) is 26.3 Å². The van der Waals surface area contributed by atoms with Crippen molar-refractivity contribution in [2.75, 3.05) is 20.1 Å². The molecule has 0 radical (unpaired) electrons. The molecule has 0 saturated carbocycles. The second-order valence-electron chi connectivity index (χ2n) is 8.15. The first kappa shape index (κ1) is 24.1. The maximum atomic E-state index is 13.8. The lowest BCUT2D eigenvalue weighted by Gasteiger charge is -2.43. The molecule has 0 aromatic heterocycles. The number of amides is 1. The van der Waals surface area contributed by atoms with Crippen LogP contribution in [-0.2, 0) is 24.3 Å². The molecule has 3 rings (SSSR count). The molecule has 32 heavy (non-hydrogen) atoms. The molecule has 3 nitrogen and oxygen atoms in total. The van der Waals surface area contributed by atoms with Gasteiger partial charge in [0, 0.05) is 6.54 Å². The Labute approximate surface area is 182 Å². The van der Waals surface area contributed by atoms with Gasteiger partial charge in [0.1, 0.15) is 0 Å². The van der Waals surface area contributed by atoms with Crippen LogP contribution in [-0.4, -0.2) is 30.9 Å². The molecule has 1 N–H and O–H groups in total. The molecule has 1 unspecified atom stereocenters. The van der Waals surface area contributed by atoms with Gasteiger partial charge in [-0.3, -0.25) is 4.79 Å². The second kappa shape index (κ2) is 8.77. The number of piperidine rings is 1. The predicted octanol–water partition coefficient (Wildman–Crippen LogP) is 5.64. The van der Waals surface area contributed by atoms with Crippen LogP contribution in [0.2, 0.25) is 0 Å². The zero-order valence-corrected chi connectivity index (χ0v) is 17.7. The van der Waals surface area contributed by atoms with Crippen molar-refractivity contribution in [1.29, 1.82) is 0 Å². The lowest BCUT2D eigenvalue weighted by Crippen LogP contribution is -2.55. The molecular weight excluding hydrogens is 434 g/mol. The van der Waals surface area contributed by atoms with E-state index in [0.717, 1.165) is 12.1 Å². The van der Waals surface area contributed by atoms with Crippen LogP contribution in [0.25, 0.3) is 0 Å². The smallest absolute Gasteiger partial charge is 0.341 e. The van der Waals surface area contributed by atoms with Crippen LogP contribution in [0.1, 0.15) is 52.4 Å². The van der Waals surface area contributed by atoms with Crippen LogP contribution in [0.5, 0.6) is 0 Å². The average Bonchev–Trinajstić information content (AvgIpc) is 2.72. The molecule has 1 amide bonds. The molecular formula is C23H24F6N2O. The van der Waals surface area contributed by atoms with Crippen LogP contribution in [0.15, 0.2) is 42.5 Å². The quantitative estimate of drug-likeness (QED) is 0.602. The van der Waals surface area contributed by atoms with Crippen LogP contribution in [0, 0.1) is 0 Å². The molecule has 1 fully saturated rings. The van der Waals surface area contributed by atoms with E-state index in [4.69, 9.17) is 0 Å². The zero-order chi connectivity index (χ0) is 23.7. The molecule has 0 bridgehead atoms. The second-order valence-corrected chi connectivity index (χ2v) is 8.15. The number of carbonyl (C=O) groups excluding carboxylic acids is 1. The van der Waals surface area contributed by atoms with Gasteiger partial charge in [0.05, 0.1) is 22.2 Å². The third kappa shape index (κ3) is 4.92. The summed E-state index contributed by atoms with van der Waals surface area (Å²) >= 11 is 0. The lowest BCUT2D eigenvalue weighted by atomic mass is 9.81. The molecule has 0 aliphatic carbocycles. The molecule has 1 heterocycles. The minimum Gasteiger partial charge on any atom is -0.341 e. The SMILES string of the molecule is CCc1cc(C(F)(F)F)cc(C(F)(F)F)c1C(=O)NC1(c2ccccc2)CCCN(C)C1. The molecule has 1 atom stereocenters. The topological polar surface area (TPSA) is 32.3 Å². The summed E-state index contributed by atoms with van der Waals surface area (Å²) in [4.78, 5) is 15.3. The third-order valence-electron chi connectivity index (χ3n) is 5.82. The monoisotopic (exact) mass is 458 g/mol. The van der Waals surface area contributed by atoms with Gasteiger partial charge in [0.15, 0.2) is 0 Å². The van der Waals surface area contributed by atoms with Crippen molar-refractivity contribution in [3.8, 4) is 0 Å². The summed E-state index contributed by atoms with van der Waals surface area (Å²) in [7, 11) is 1.85. The number of rotatable bonds is 4. The number of nitrogens with one attached hydrogen (secondary N) is 1. The number of likely N-dealkylation sites (tertiary alicyclic amines) is 1. The molecule has 2 aromatic carbocycles. The van der Waals surface area contributed by atoms with Gasteiger partial charge < -0.3 is 10.2 Å². The maximum absolute atomic E-state index is 13.8. The van der Waals surface area contributed by atoms with Gasteiger partial charge >= 0.3 is 12.4 Å². The Hall–Kier alpha value is -2.55. The Bertz CT molecular complexity index is 971. The number of aryl methyl sites for hydroxylation is 1. The first-order valence-corrected chi connectivity index (χ1v) is 10.3. The van der Waals surface area contributed by atoms with Crippen molar-refractivity contribution in [2.24, 2.45) is 0 Å². The van der Waals surface area contributed by atoms with Gasteiger partial charge in [0.2, 0.25) is 0 Å². The van der Waals surface area contributed by atoms with Crippen molar-refractivity contribution < 1.29 is 31.1 Å². The highest BCUT2D eigenvalue weighted by atomic mass is 19.4. The normalized spacial score (nSPS) is 20.2. The highest BCUT2D eigenvalue weighted by Crippen LogP contribution is 2.40. The van der Waals surface area contributed by atoms with Gasteiger partial charge in [-0.15, -0.1) is 0 Å². The Morgan fingerprint density at radius 2 is 1.72 bits per heavy atom. The van der Waals surface area contributed by atoms with Gasteiger partial charge in [-0.25, -0.2) is 0 Å². The maximum Gasteiger partial charge on any atom is 0.417 e. The van der Waals surface area contributed by atoms with Crippen molar-refractivity contribution in [1.82, 2.24) is 10.2 Å². The molecule has 1 aliphatic rings. The van der Waals surface area contributed by atoms with Gasteiger partial charge in [-0.05, 0) is 56.1 Å². The zero-order valence-electron chi connectivity index (χ0n) is 17.7. The number of hydrogen-bond acceptors (Lipinski definition) is 2. The molecule has 1 aliphatic heterocycles. The van der Waals surface area contributed by atoms with E-state index in [0.29, 0.717) is 25.5 Å². The van der Waals surface area contributed by atoms with Crippen molar-refractivity contribution in [2.45, 2.75) is 44.1 Å². The summed E-state index contributed by atoms with van der Waals surface area (Å²) in [6.07, 6.45) is -9.05. The van der Waals surface area contributed by atoms with Crippen LogP contribution in [0.3, 0.4) is 0 Å². The molecule has 9 heteroatoms. The van der Waals surface area contributed by atoms with E-state index in [1.165, 1.54) is 6.92 Å². The summed E-state index contributed by atoms with van der Waals surface area (Å²) < 4.78 is 81.1. The van der Waals surface area contributed by atoms with Crippen LogP contribution in [0.4, 0.5) is 26.3 Å². The Kier molecular flexibility index (Phi) is 6.60. The highest BCUT2D eigenvalue weighted by Gasteiger charge is 2.43. The number of halogens is 6. The fraction of sp³-hybridized carbons (Fsp3) is 0.435. The van der Waals surface area contributed by atoms with E-state index in [9.17, 15) is 31.1 Å². The average molecular weight is 458 g/mol. The Morgan fingerprint density at radius 3 is 2.25 bits per heavy atom. The summed E-state index contributed by atoms with van der Waals surface area (Å²) in [5.74, 6) is -1.03. The first-order valence-electron chi connectivity index (χ1n) is 10.3. The standard InChI is InChI=1S/C23H24F6N2O/c1-3-15-12-17(22(24,25)26)13-18(23(27,28)29)19(15)20(32)30-21(10-7-11-31(2)14-21)16-8-5-4-6-9-16/h4-6,8-9,12-13H,3,7,10-11,14H2,1-2H3,(H,30,32). The van der Waals surface area contributed by atoms with E-state index in [1.54, 1.807) is 30.3 Å². The number of alkyl halides is 6. The number of benzene rings is 2. The van der Waals surface area contributed by atoms with Crippen LogP contribution >= 0.6 is 0 Å². The number of nitrogens with zero attached hydrogens (tertiary/aromatic N) is 1. The fourth-order valence-corrected chi connectivity index (χ4v) is 4.35. The Morgan fingerprint density at radius 1 is 1.06 bits per heavy atom. The highest BCUT2D eigenvalue weighted by molar-refractivity contribution is 5.98. The van der Waals surface area contributed by atoms with Crippen molar-refractivity contribution in [3.05, 3.63) is 70.3 Å². The molecule has 0 spiro atoms. The molecule has 2 aromatic rings. The Balaban J connectivity index is 2.13. The lowest BCUT2D eigenvalue weighted by molar-refractivity contribution is -0.143. The van der Waals surface area contributed by atoms with E-state index >= 15 is 0 Å². The molecule has 174 valence electrons. The first-order chi connectivity index (χ1) is 14.9. The number of carbonyl (C=O) groups is 1. The fourth-order valence-electron chi connectivity index (χ4n) is 4.35. The van der Waals surface area contributed by atoms with Crippen LogP contribution < -0.4 is 5.32 Å². The third-order valence-corrected chi connectivity index (χ3v) is 5.82. The summed E-state index contributed by atoms with van der Waals surface area (Å²) in [6.45, 7) is 2.55. The summed E-state index contributed by atoms with van der Waals surface area (Å²) in [5.41, 5.74) is -4.27. The minimum atomic E-state index is -5.12. The van der Waals surface area contributed by atoms with E-state index in [2.05, 4.69) is 5.32 Å². The van der Waals surface area contributed by atoms with Crippen molar-refractivity contribution in [3.63, 3.8) is 0 Å². The molecule has 1 saturated heterocycles. The minimum absolute atomic E-state index is 0.0241. The van der Waals surface area contributed by atoms with E-state index in [-0.39, 0.29) is 18.1 Å². The van der Waals surface area contributed by atoms with E-state index in [1.807, 2.05) is 11.9 Å². The largest absolute Gasteiger partial charge is 0.417 e. The van der Waals surface area contributed by atoms with Gasteiger partial charge in [0.25, 0.3) is 5.91 Å².